The Balaban J connectivity index is 1.68. The maximum atomic E-state index is 6.23. The molecule has 0 aliphatic heterocycles. The molecule has 6 atom stereocenters. The second-order valence-corrected chi connectivity index (χ2v) is 8.85. The zero-order valence-electron chi connectivity index (χ0n) is 13.3. The van der Waals surface area contributed by atoms with Crippen LogP contribution in [0.1, 0.15) is 71.6 Å². The lowest BCUT2D eigenvalue weighted by atomic mass is 9.48. The first-order valence-electron chi connectivity index (χ1n) is 8.98. The van der Waals surface area contributed by atoms with E-state index < -0.39 is 0 Å². The zero-order valence-corrected chi connectivity index (χ0v) is 13.3. The van der Waals surface area contributed by atoms with Gasteiger partial charge in [-0.25, -0.2) is 0 Å². The summed E-state index contributed by atoms with van der Waals surface area (Å²) >= 11 is 0. The Morgan fingerprint density at radius 2 is 1.90 bits per heavy atom. The van der Waals surface area contributed by atoms with Gasteiger partial charge >= 0.3 is 0 Å². The molecule has 4 rings (SSSR count). The highest BCUT2D eigenvalue weighted by molar-refractivity contribution is 5.25. The average molecular weight is 273 g/mol. The van der Waals surface area contributed by atoms with Crippen LogP contribution in [0.3, 0.4) is 0 Å². The Morgan fingerprint density at radius 3 is 2.75 bits per heavy atom. The highest BCUT2D eigenvalue weighted by Gasteiger charge is 2.55. The molecule has 0 heterocycles. The lowest BCUT2D eigenvalue weighted by Gasteiger charge is -2.57. The number of fused-ring (bicyclic) bond motifs is 5. The van der Waals surface area contributed by atoms with Gasteiger partial charge in [0.15, 0.2) is 0 Å². The van der Waals surface area contributed by atoms with Crippen molar-refractivity contribution in [2.24, 2.45) is 34.3 Å². The third kappa shape index (κ3) is 1.71. The van der Waals surface area contributed by atoms with Gasteiger partial charge in [-0.05, 0) is 80.0 Å². The normalized spacial score (nSPS) is 54.6. The van der Waals surface area contributed by atoms with Crippen LogP contribution < -0.4 is 5.73 Å². The van der Waals surface area contributed by atoms with E-state index in [1.165, 1.54) is 57.8 Å². The summed E-state index contributed by atoms with van der Waals surface area (Å²) in [5.74, 6) is 2.97. The smallest absolute Gasteiger partial charge is 0.00766 e. The molecule has 3 fully saturated rings. The van der Waals surface area contributed by atoms with E-state index in [0.29, 0.717) is 16.9 Å². The molecule has 0 aromatic carbocycles. The van der Waals surface area contributed by atoms with Crippen molar-refractivity contribution in [3.05, 3.63) is 11.6 Å². The lowest BCUT2D eigenvalue weighted by molar-refractivity contribution is -0.0260. The van der Waals surface area contributed by atoms with E-state index in [1.54, 1.807) is 5.57 Å². The van der Waals surface area contributed by atoms with Crippen molar-refractivity contribution in [1.82, 2.24) is 0 Å². The van der Waals surface area contributed by atoms with Gasteiger partial charge in [-0.2, -0.15) is 0 Å². The Morgan fingerprint density at radius 1 is 1.05 bits per heavy atom. The maximum Gasteiger partial charge on any atom is 0.00766 e. The van der Waals surface area contributed by atoms with Gasteiger partial charge in [-0.1, -0.05) is 31.9 Å². The van der Waals surface area contributed by atoms with Crippen LogP contribution in [0.5, 0.6) is 0 Å². The van der Waals surface area contributed by atoms with Gasteiger partial charge in [-0.3, -0.25) is 0 Å². The fourth-order valence-corrected chi connectivity index (χ4v) is 6.68. The molecule has 0 saturated heterocycles. The molecular formula is C19H31N. The van der Waals surface area contributed by atoms with E-state index >= 15 is 0 Å². The summed E-state index contributed by atoms with van der Waals surface area (Å²) in [4.78, 5) is 0. The summed E-state index contributed by atoms with van der Waals surface area (Å²) < 4.78 is 0. The summed E-state index contributed by atoms with van der Waals surface area (Å²) in [6, 6.07) is 0.436. The summed E-state index contributed by atoms with van der Waals surface area (Å²) in [6.45, 7) is 5.18. The van der Waals surface area contributed by atoms with E-state index in [4.69, 9.17) is 5.73 Å². The lowest BCUT2D eigenvalue weighted by Crippen LogP contribution is -2.50. The number of hydrogen-bond acceptors (Lipinski definition) is 1. The summed E-state index contributed by atoms with van der Waals surface area (Å²) in [5, 5.41) is 0. The molecule has 20 heavy (non-hydrogen) atoms. The molecule has 4 aliphatic carbocycles. The Labute approximate surface area is 124 Å². The molecule has 1 heteroatoms. The first-order chi connectivity index (χ1) is 9.53. The minimum atomic E-state index is 0.436. The zero-order chi connectivity index (χ0) is 14.0. The molecular weight excluding hydrogens is 242 g/mol. The number of rotatable bonds is 0. The molecule has 2 N–H and O–H groups in total. The molecule has 3 saturated carbocycles. The van der Waals surface area contributed by atoms with Crippen molar-refractivity contribution >= 4 is 0 Å². The fraction of sp³-hybridized carbons (Fsp3) is 0.895. The molecule has 1 nitrogen and oxygen atoms in total. The molecule has 0 bridgehead atoms. The quantitative estimate of drug-likeness (QED) is 0.638. The Kier molecular flexibility index (Phi) is 2.91. The second-order valence-electron chi connectivity index (χ2n) is 8.85. The van der Waals surface area contributed by atoms with Crippen LogP contribution in [0.4, 0.5) is 0 Å². The first kappa shape index (κ1) is 13.4. The third-order valence-corrected chi connectivity index (χ3v) is 7.92. The number of allylic oxidation sites excluding steroid dienone is 1. The van der Waals surface area contributed by atoms with Crippen LogP contribution in [0.15, 0.2) is 11.6 Å². The fourth-order valence-electron chi connectivity index (χ4n) is 6.68. The van der Waals surface area contributed by atoms with Gasteiger partial charge in [0.2, 0.25) is 0 Å². The molecule has 0 amide bonds. The monoisotopic (exact) mass is 273 g/mol. The van der Waals surface area contributed by atoms with Crippen molar-refractivity contribution in [3.63, 3.8) is 0 Å². The third-order valence-electron chi connectivity index (χ3n) is 7.92. The van der Waals surface area contributed by atoms with Gasteiger partial charge in [0, 0.05) is 6.04 Å². The van der Waals surface area contributed by atoms with Crippen LogP contribution in [-0.4, -0.2) is 6.04 Å². The van der Waals surface area contributed by atoms with Crippen LogP contribution in [-0.2, 0) is 0 Å². The van der Waals surface area contributed by atoms with Crippen molar-refractivity contribution < 1.29 is 0 Å². The predicted molar refractivity (Wildman–Crippen MR) is 84.3 cm³/mol. The van der Waals surface area contributed by atoms with Crippen LogP contribution in [0.2, 0.25) is 0 Å². The molecule has 112 valence electrons. The van der Waals surface area contributed by atoms with Crippen molar-refractivity contribution in [3.8, 4) is 0 Å². The van der Waals surface area contributed by atoms with Gasteiger partial charge < -0.3 is 5.73 Å². The van der Waals surface area contributed by atoms with E-state index in [9.17, 15) is 0 Å². The van der Waals surface area contributed by atoms with Crippen molar-refractivity contribution in [1.29, 1.82) is 0 Å². The highest BCUT2D eigenvalue weighted by atomic mass is 14.7. The Bertz CT molecular complexity index is 439. The first-order valence-corrected chi connectivity index (χ1v) is 8.98. The average Bonchev–Trinajstić information content (AvgIpc) is 2.81. The number of hydrogen-bond donors (Lipinski definition) is 1. The van der Waals surface area contributed by atoms with Crippen molar-refractivity contribution in [2.75, 3.05) is 0 Å². The topological polar surface area (TPSA) is 26.0 Å². The molecule has 1 unspecified atom stereocenters. The SMILES string of the molecule is C[C@@]12CCC[C@H]1[C@@H]1CC=C3CC(N)CC[C@]3(C)[C@H]1CC2. The summed E-state index contributed by atoms with van der Waals surface area (Å²) in [6.07, 6.45) is 15.3. The van der Waals surface area contributed by atoms with E-state index in [-0.39, 0.29) is 0 Å². The van der Waals surface area contributed by atoms with Gasteiger partial charge in [0.05, 0.1) is 0 Å². The number of nitrogens with two attached hydrogens (primary N) is 1. The molecule has 4 aliphatic rings. The second kappa shape index (κ2) is 4.35. The van der Waals surface area contributed by atoms with E-state index in [2.05, 4.69) is 19.9 Å². The van der Waals surface area contributed by atoms with Gasteiger partial charge in [-0.15, -0.1) is 0 Å². The van der Waals surface area contributed by atoms with Crippen molar-refractivity contribution in [2.45, 2.75) is 77.7 Å². The van der Waals surface area contributed by atoms with E-state index in [1.807, 2.05) is 0 Å². The standard InChI is InChI=1S/C19H31N/c1-18-9-3-4-16(18)15-6-5-13-12-14(20)7-11-19(13,2)17(15)8-10-18/h5,14-17H,3-4,6-12,20H2,1-2H3/t14?,15-,16-,17-,18-,19-/m0/s1. The highest BCUT2D eigenvalue weighted by Crippen LogP contribution is 2.64. The summed E-state index contributed by atoms with van der Waals surface area (Å²) in [5.41, 5.74) is 9.16. The molecule has 0 spiro atoms. The van der Waals surface area contributed by atoms with Crippen LogP contribution in [0, 0.1) is 28.6 Å². The van der Waals surface area contributed by atoms with E-state index in [0.717, 1.165) is 17.8 Å². The van der Waals surface area contributed by atoms with Gasteiger partial charge in [0.25, 0.3) is 0 Å². The summed E-state index contributed by atoms with van der Waals surface area (Å²) in [7, 11) is 0. The minimum Gasteiger partial charge on any atom is -0.327 e. The predicted octanol–water partition coefficient (Wildman–Crippen LogP) is 4.67. The largest absolute Gasteiger partial charge is 0.327 e. The van der Waals surface area contributed by atoms with Crippen LogP contribution >= 0.6 is 0 Å². The Hall–Kier alpha value is -0.300. The molecule has 0 aromatic rings. The minimum absolute atomic E-state index is 0.436. The molecule has 0 radical (unpaired) electrons. The maximum absolute atomic E-state index is 6.23. The van der Waals surface area contributed by atoms with Gasteiger partial charge in [0.1, 0.15) is 0 Å². The molecule has 0 aromatic heterocycles. The van der Waals surface area contributed by atoms with Crippen LogP contribution in [0.25, 0.3) is 0 Å².